The van der Waals surface area contributed by atoms with Gasteiger partial charge in [0.25, 0.3) is 0 Å². The molecule has 0 fully saturated rings. The number of hydrogen-bond donors (Lipinski definition) is 2. The Morgan fingerprint density at radius 2 is 1.78 bits per heavy atom. The fourth-order valence-electron chi connectivity index (χ4n) is 2.27. The van der Waals surface area contributed by atoms with Crippen molar-refractivity contribution in [3.8, 4) is 0 Å². The molecule has 0 aliphatic heterocycles. The normalized spacial score (nSPS) is 12.5. The lowest BCUT2D eigenvalue weighted by Gasteiger charge is -2.16. The lowest BCUT2D eigenvalue weighted by molar-refractivity contribution is 0.887. The molecule has 0 aliphatic carbocycles. The molecule has 0 saturated heterocycles. The van der Waals surface area contributed by atoms with Gasteiger partial charge in [0.2, 0.25) is 0 Å². The van der Waals surface area contributed by atoms with Crippen molar-refractivity contribution in [2.24, 2.45) is 0 Å². The third-order valence-electron chi connectivity index (χ3n) is 3.27. The van der Waals surface area contributed by atoms with Gasteiger partial charge in [-0.2, -0.15) is 0 Å². The van der Waals surface area contributed by atoms with Crippen molar-refractivity contribution in [3.63, 3.8) is 0 Å². The topological polar surface area (TPSA) is 27.8 Å². The van der Waals surface area contributed by atoms with Crippen LogP contribution in [0.2, 0.25) is 0 Å². The first-order valence-corrected chi connectivity index (χ1v) is 6.22. The van der Waals surface area contributed by atoms with E-state index in [2.05, 4.69) is 65.8 Å². The Kier molecular flexibility index (Phi) is 2.77. The molecule has 18 heavy (non-hydrogen) atoms. The summed E-state index contributed by atoms with van der Waals surface area (Å²) >= 11 is 0. The molecule has 2 nitrogen and oxygen atoms in total. The summed E-state index contributed by atoms with van der Waals surface area (Å²) in [5, 5.41) is 4.80. The molecule has 90 valence electrons. The predicted molar refractivity (Wildman–Crippen MR) is 76.8 cm³/mol. The van der Waals surface area contributed by atoms with E-state index in [4.69, 9.17) is 0 Å². The van der Waals surface area contributed by atoms with Crippen LogP contribution < -0.4 is 5.32 Å². The van der Waals surface area contributed by atoms with E-state index in [0.29, 0.717) is 6.04 Å². The highest BCUT2D eigenvalue weighted by Crippen LogP contribution is 2.26. The summed E-state index contributed by atoms with van der Waals surface area (Å²) in [7, 11) is 0. The zero-order valence-electron chi connectivity index (χ0n) is 10.4. The van der Waals surface area contributed by atoms with Crippen LogP contribution in [0.3, 0.4) is 0 Å². The molecule has 2 heteroatoms. The van der Waals surface area contributed by atoms with Crippen LogP contribution in [0.25, 0.3) is 10.9 Å². The first kappa shape index (κ1) is 10.9. The van der Waals surface area contributed by atoms with Gasteiger partial charge < -0.3 is 10.3 Å². The van der Waals surface area contributed by atoms with E-state index in [1.165, 1.54) is 22.2 Å². The van der Waals surface area contributed by atoms with E-state index < -0.39 is 0 Å². The van der Waals surface area contributed by atoms with E-state index in [0.717, 1.165) is 0 Å². The summed E-state index contributed by atoms with van der Waals surface area (Å²) in [6.07, 6.45) is 1.98. The van der Waals surface area contributed by atoms with Crippen LogP contribution in [-0.4, -0.2) is 4.98 Å². The fraction of sp³-hybridized carbons (Fsp3) is 0.125. The third-order valence-corrected chi connectivity index (χ3v) is 3.27. The number of aromatic amines is 1. The second-order valence-electron chi connectivity index (χ2n) is 4.52. The molecule has 0 amide bonds. The predicted octanol–water partition coefficient (Wildman–Crippen LogP) is 4.34. The van der Waals surface area contributed by atoms with Crippen LogP contribution in [-0.2, 0) is 0 Å². The summed E-state index contributed by atoms with van der Waals surface area (Å²) in [5.41, 5.74) is 3.63. The van der Waals surface area contributed by atoms with Gasteiger partial charge in [0.05, 0.1) is 0 Å². The second kappa shape index (κ2) is 4.57. The Balaban J connectivity index is 1.91. The summed E-state index contributed by atoms with van der Waals surface area (Å²) in [6.45, 7) is 2.18. The highest BCUT2D eigenvalue weighted by atomic mass is 14.9. The van der Waals surface area contributed by atoms with E-state index >= 15 is 0 Å². The van der Waals surface area contributed by atoms with E-state index in [1.54, 1.807) is 0 Å². The largest absolute Gasteiger partial charge is 0.378 e. The minimum absolute atomic E-state index is 0.298. The highest BCUT2D eigenvalue weighted by Gasteiger charge is 2.07. The van der Waals surface area contributed by atoms with Crippen LogP contribution in [0, 0.1) is 0 Å². The number of benzene rings is 2. The molecular weight excluding hydrogens is 220 g/mol. The molecule has 0 spiro atoms. The van der Waals surface area contributed by atoms with Crippen LogP contribution in [0.1, 0.15) is 18.5 Å². The summed E-state index contributed by atoms with van der Waals surface area (Å²) in [4.78, 5) is 3.23. The van der Waals surface area contributed by atoms with Gasteiger partial charge in [-0.1, -0.05) is 36.4 Å². The van der Waals surface area contributed by atoms with Crippen molar-refractivity contribution in [3.05, 3.63) is 66.4 Å². The van der Waals surface area contributed by atoms with Crippen LogP contribution >= 0.6 is 0 Å². The number of hydrogen-bond acceptors (Lipinski definition) is 1. The van der Waals surface area contributed by atoms with Crippen LogP contribution in [0.5, 0.6) is 0 Å². The molecule has 3 rings (SSSR count). The number of fused-ring (bicyclic) bond motifs is 1. The Labute approximate surface area is 107 Å². The summed E-state index contributed by atoms with van der Waals surface area (Å²) in [5.74, 6) is 0. The van der Waals surface area contributed by atoms with Gasteiger partial charge in [-0.15, -0.1) is 0 Å². The molecule has 0 unspecified atom stereocenters. The molecule has 0 saturated carbocycles. The van der Waals surface area contributed by atoms with E-state index in [-0.39, 0.29) is 0 Å². The van der Waals surface area contributed by atoms with Gasteiger partial charge >= 0.3 is 0 Å². The van der Waals surface area contributed by atoms with Gasteiger partial charge in [0.15, 0.2) is 0 Å². The molecule has 1 heterocycles. The van der Waals surface area contributed by atoms with Crippen molar-refractivity contribution in [2.75, 3.05) is 5.32 Å². The smallest absolute Gasteiger partial charge is 0.0485 e. The monoisotopic (exact) mass is 236 g/mol. The van der Waals surface area contributed by atoms with E-state index in [1.807, 2.05) is 12.3 Å². The fourth-order valence-corrected chi connectivity index (χ4v) is 2.27. The first-order valence-electron chi connectivity index (χ1n) is 6.22. The second-order valence-corrected chi connectivity index (χ2v) is 4.52. The van der Waals surface area contributed by atoms with Crippen LogP contribution in [0.4, 0.5) is 5.69 Å². The number of nitrogens with one attached hydrogen (secondary N) is 2. The molecule has 0 radical (unpaired) electrons. The number of anilines is 1. The van der Waals surface area contributed by atoms with E-state index in [9.17, 15) is 0 Å². The molecule has 2 N–H and O–H groups in total. The van der Waals surface area contributed by atoms with Gasteiger partial charge in [-0.25, -0.2) is 0 Å². The Bertz CT molecular complexity index is 640. The Morgan fingerprint density at radius 1 is 0.944 bits per heavy atom. The van der Waals surface area contributed by atoms with Gasteiger partial charge in [-0.05, 0) is 30.7 Å². The SMILES string of the molecule is C[C@@H](Nc1cccc2[nH]ccc12)c1ccccc1. The zero-order chi connectivity index (χ0) is 12.4. The van der Waals surface area contributed by atoms with Crippen molar-refractivity contribution in [2.45, 2.75) is 13.0 Å². The van der Waals surface area contributed by atoms with Gasteiger partial charge in [0.1, 0.15) is 0 Å². The van der Waals surface area contributed by atoms with Crippen LogP contribution in [0.15, 0.2) is 60.8 Å². The molecule has 2 aromatic carbocycles. The van der Waals surface area contributed by atoms with Gasteiger partial charge in [0, 0.05) is 28.8 Å². The molecule has 3 aromatic rings. The van der Waals surface area contributed by atoms with Crippen molar-refractivity contribution in [1.82, 2.24) is 4.98 Å². The summed E-state index contributed by atoms with van der Waals surface area (Å²) in [6, 6.07) is 19.2. The van der Waals surface area contributed by atoms with Crippen molar-refractivity contribution < 1.29 is 0 Å². The minimum atomic E-state index is 0.298. The maximum absolute atomic E-state index is 3.57. The third kappa shape index (κ3) is 1.97. The maximum atomic E-state index is 3.57. The van der Waals surface area contributed by atoms with Crippen molar-refractivity contribution >= 4 is 16.6 Å². The zero-order valence-corrected chi connectivity index (χ0v) is 10.4. The summed E-state index contributed by atoms with van der Waals surface area (Å²) < 4.78 is 0. The lowest BCUT2D eigenvalue weighted by atomic mass is 10.1. The standard InChI is InChI=1S/C16H16N2/c1-12(13-6-3-2-4-7-13)18-16-9-5-8-15-14(16)10-11-17-15/h2-12,17-18H,1H3/t12-/m1/s1. The van der Waals surface area contributed by atoms with Crippen molar-refractivity contribution in [1.29, 1.82) is 0 Å². The van der Waals surface area contributed by atoms with Gasteiger partial charge in [-0.3, -0.25) is 0 Å². The number of aromatic nitrogens is 1. The molecule has 1 atom stereocenters. The number of H-pyrrole nitrogens is 1. The molecule has 1 aromatic heterocycles. The minimum Gasteiger partial charge on any atom is -0.378 e. The Morgan fingerprint density at radius 3 is 2.61 bits per heavy atom. The average molecular weight is 236 g/mol. The molecule has 0 aliphatic rings. The first-order chi connectivity index (χ1) is 8.84. The molecule has 0 bridgehead atoms. The average Bonchev–Trinajstić information content (AvgIpc) is 2.89. The quantitative estimate of drug-likeness (QED) is 0.695. The highest BCUT2D eigenvalue weighted by molar-refractivity contribution is 5.91. The number of rotatable bonds is 3. The lowest BCUT2D eigenvalue weighted by Crippen LogP contribution is -2.06. The maximum Gasteiger partial charge on any atom is 0.0485 e. The Hall–Kier alpha value is -2.22. The molecular formula is C16H16N2.